The van der Waals surface area contributed by atoms with E-state index in [1.165, 1.54) is 0 Å². The molecule has 1 aliphatic heterocycles. The summed E-state index contributed by atoms with van der Waals surface area (Å²) in [7, 11) is 0. The van der Waals surface area contributed by atoms with Gasteiger partial charge in [-0.15, -0.1) is 11.3 Å². The molecule has 20 heavy (non-hydrogen) atoms. The third-order valence-corrected chi connectivity index (χ3v) is 4.64. The minimum absolute atomic E-state index is 0.163. The van der Waals surface area contributed by atoms with E-state index in [2.05, 4.69) is 10.3 Å². The molecule has 2 heterocycles. The molecule has 2 N–H and O–H groups in total. The highest BCUT2D eigenvalue weighted by molar-refractivity contribution is 7.09. The van der Waals surface area contributed by atoms with Gasteiger partial charge in [-0.25, -0.2) is 9.78 Å². The summed E-state index contributed by atoms with van der Waals surface area (Å²) in [6, 6.07) is -0.186. The first-order valence-corrected chi connectivity index (χ1v) is 7.53. The van der Waals surface area contributed by atoms with Crippen LogP contribution in [-0.2, 0) is 4.79 Å². The van der Waals surface area contributed by atoms with Crippen LogP contribution >= 0.6 is 11.3 Å². The predicted molar refractivity (Wildman–Crippen MR) is 76.0 cm³/mol. The molecule has 1 aromatic rings. The monoisotopic (exact) mass is 297 g/mol. The van der Waals surface area contributed by atoms with Crippen LogP contribution in [0.3, 0.4) is 0 Å². The first-order chi connectivity index (χ1) is 9.47. The average Bonchev–Trinajstić information content (AvgIpc) is 3.04. The van der Waals surface area contributed by atoms with E-state index < -0.39 is 11.9 Å². The lowest BCUT2D eigenvalue weighted by Crippen LogP contribution is -2.40. The molecular formula is C13H19N3O3S. The first-order valence-electron chi connectivity index (χ1n) is 6.65. The molecule has 0 spiro atoms. The topological polar surface area (TPSA) is 82.5 Å². The van der Waals surface area contributed by atoms with Crippen molar-refractivity contribution in [2.75, 3.05) is 19.6 Å². The number of likely N-dealkylation sites (tertiary alicyclic amines) is 1. The molecule has 6 nitrogen and oxygen atoms in total. The number of urea groups is 1. The second-order valence-electron chi connectivity index (χ2n) is 5.18. The van der Waals surface area contributed by atoms with Gasteiger partial charge in [0.2, 0.25) is 0 Å². The van der Waals surface area contributed by atoms with E-state index in [4.69, 9.17) is 5.11 Å². The molecule has 0 aromatic carbocycles. The molecule has 2 rings (SSSR count). The Labute approximate surface area is 121 Å². The van der Waals surface area contributed by atoms with Gasteiger partial charge < -0.3 is 15.3 Å². The van der Waals surface area contributed by atoms with Gasteiger partial charge in [0.05, 0.1) is 10.9 Å². The Balaban J connectivity index is 1.79. The van der Waals surface area contributed by atoms with Gasteiger partial charge in [-0.2, -0.15) is 0 Å². The maximum absolute atomic E-state index is 12.0. The minimum atomic E-state index is -0.827. The van der Waals surface area contributed by atoms with Crippen molar-refractivity contribution in [1.29, 1.82) is 0 Å². The van der Waals surface area contributed by atoms with Gasteiger partial charge in [0.1, 0.15) is 0 Å². The van der Waals surface area contributed by atoms with Crippen molar-refractivity contribution in [1.82, 2.24) is 15.2 Å². The lowest BCUT2D eigenvalue weighted by atomic mass is 10.1. The van der Waals surface area contributed by atoms with Gasteiger partial charge in [0, 0.05) is 36.6 Å². The van der Waals surface area contributed by atoms with E-state index in [1.54, 1.807) is 16.2 Å². The van der Waals surface area contributed by atoms with Gasteiger partial charge in [-0.3, -0.25) is 4.79 Å². The molecule has 1 fully saturated rings. The molecule has 1 saturated heterocycles. The van der Waals surface area contributed by atoms with Crippen LogP contribution in [0.5, 0.6) is 0 Å². The fourth-order valence-electron chi connectivity index (χ4n) is 2.18. The highest BCUT2D eigenvalue weighted by Crippen LogP contribution is 2.20. The van der Waals surface area contributed by atoms with E-state index in [9.17, 15) is 9.59 Å². The number of carboxylic acids is 1. The Morgan fingerprint density at radius 1 is 1.65 bits per heavy atom. The summed E-state index contributed by atoms with van der Waals surface area (Å²) in [6.45, 7) is 5.28. The molecule has 0 bridgehead atoms. The molecule has 0 radical (unpaired) electrons. The number of thiazole rings is 1. The van der Waals surface area contributed by atoms with Crippen molar-refractivity contribution < 1.29 is 14.7 Å². The zero-order valence-electron chi connectivity index (χ0n) is 11.6. The van der Waals surface area contributed by atoms with Gasteiger partial charge in [0.25, 0.3) is 0 Å². The van der Waals surface area contributed by atoms with Crippen LogP contribution in [0.2, 0.25) is 0 Å². The number of nitrogens with one attached hydrogen (secondary N) is 1. The molecular weight excluding hydrogens is 278 g/mol. The molecule has 1 aromatic heterocycles. The van der Waals surface area contributed by atoms with Gasteiger partial charge >= 0.3 is 12.0 Å². The van der Waals surface area contributed by atoms with Crippen LogP contribution in [-0.4, -0.2) is 46.6 Å². The Morgan fingerprint density at radius 3 is 2.95 bits per heavy atom. The number of hydrogen-bond acceptors (Lipinski definition) is 4. The van der Waals surface area contributed by atoms with Crippen LogP contribution in [0, 0.1) is 12.8 Å². The van der Waals surface area contributed by atoms with E-state index in [0.29, 0.717) is 26.1 Å². The molecule has 7 heteroatoms. The maximum Gasteiger partial charge on any atom is 0.317 e. The predicted octanol–water partition coefficient (Wildman–Crippen LogP) is 1.67. The van der Waals surface area contributed by atoms with Crippen LogP contribution in [0.4, 0.5) is 4.79 Å². The van der Waals surface area contributed by atoms with Gasteiger partial charge in [0.15, 0.2) is 0 Å². The number of rotatable bonds is 4. The first kappa shape index (κ1) is 14.8. The molecule has 1 aliphatic rings. The minimum Gasteiger partial charge on any atom is -0.481 e. The molecule has 110 valence electrons. The lowest BCUT2D eigenvalue weighted by molar-refractivity contribution is -0.141. The van der Waals surface area contributed by atoms with Crippen molar-refractivity contribution in [2.24, 2.45) is 5.92 Å². The van der Waals surface area contributed by atoms with Crippen LogP contribution in [0.25, 0.3) is 0 Å². The van der Waals surface area contributed by atoms with Crippen molar-refractivity contribution in [3.05, 3.63) is 16.1 Å². The number of aryl methyl sites for hydroxylation is 1. The summed E-state index contributed by atoms with van der Waals surface area (Å²) in [5, 5.41) is 14.8. The zero-order valence-corrected chi connectivity index (χ0v) is 12.4. The second-order valence-corrected chi connectivity index (χ2v) is 6.07. The number of carboxylic acid groups (broad SMARTS) is 1. The Morgan fingerprint density at radius 2 is 2.40 bits per heavy atom. The van der Waals surface area contributed by atoms with E-state index in [0.717, 1.165) is 10.7 Å². The standard InChI is InChI=1S/C13H19N3O3S/c1-8(11-15-9(2)7-20-11)5-14-13(19)16-4-3-10(6-16)12(17)18/h7-8,10H,3-6H2,1-2H3,(H,14,19)(H,17,18). The van der Waals surface area contributed by atoms with Crippen molar-refractivity contribution in [3.63, 3.8) is 0 Å². The van der Waals surface area contributed by atoms with E-state index in [-0.39, 0.29) is 11.9 Å². The number of carbonyl (C=O) groups excluding carboxylic acids is 1. The number of aromatic nitrogens is 1. The van der Waals surface area contributed by atoms with Gasteiger partial charge in [-0.05, 0) is 13.3 Å². The van der Waals surface area contributed by atoms with Gasteiger partial charge in [-0.1, -0.05) is 6.92 Å². The number of nitrogens with zero attached hydrogens (tertiary/aromatic N) is 2. The average molecular weight is 297 g/mol. The van der Waals surface area contributed by atoms with Crippen molar-refractivity contribution in [3.8, 4) is 0 Å². The molecule has 2 atom stereocenters. The van der Waals surface area contributed by atoms with Crippen molar-refractivity contribution in [2.45, 2.75) is 26.2 Å². The largest absolute Gasteiger partial charge is 0.481 e. The number of hydrogen-bond donors (Lipinski definition) is 2. The highest BCUT2D eigenvalue weighted by Gasteiger charge is 2.30. The Hall–Kier alpha value is -1.63. The van der Waals surface area contributed by atoms with Crippen molar-refractivity contribution >= 4 is 23.3 Å². The Kier molecular flexibility index (Phi) is 4.59. The third-order valence-electron chi connectivity index (χ3n) is 3.44. The number of amides is 2. The fourth-order valence-corrected chi connectivity index (χ4v) is 3.04. The summed E-state index contributed by atoms with van der Waals surface area (Å²) in [5.41, 5.74) is 0.993. The normalized spacial score (nSPS) is 19.9. The number of aliphatic carboxylic acids is 1. The molecule has 0 saturated carbocycles. The Bertz CT molecular complexity index is 503. The molecule has 2 amide bonds. The quantitative estimate of drug-likeness (QED) is 0.885. The summed E-state index contributed by atoms with van der Waals surface area (Å²) in [5.74, 6) is -1.10. The van der Waals surface area contributed by atoms with Crippen LogP contribution in [0.1, 0.15) is 30.0 Å². The van der Waals surface area contributed by atoms with E-state index >= 15 is 0 Å². The third kappa shape index (κ3) is 3.47. The maximum atomic E-state index is 12.0. The summed E-state index contributed by atoms with van der Waals surface area (Å²) < 4.78 is 0. The summed E-state index contributed by atoms with van der Waals surface area (Å²) >= 11 is 1.59. The molecule has 2 unspecified atom stereocenters. The highest BCUT2D eigenvalue weighted by atomic mass is 32.1. The lowest BCUT2D eigenvalue weighted by Gasteiger charge is -2.18. The molecule has 0 aliphatic carbocycles. The second kappa shape index (κ2) is 6.21. The number of carbonyl (C=O) groups is 2. The SMILES string of the molecule is Cc1csc(C(C)CNC(=O)N2CCC(C(=O)O)C2)n1. The zero-order chi connectivity index (χ0) is 14.7. The fraction of sp³-hybridized carbons (Fsp3) is 0.615. The smallest absolute Gasteiger partial charge is 0.317 e. The van der Waals surface area contributed by atoms with Crippen LogP contribution < -0.4 is 5.32 Å². The van der Waals surface area contributed by atoms with E-state index in [1.807, 2.05) is 19.2 Å². The van der Waals surface area contributed by atoms with Crippen LogP contribution in [0.15, 0.2) is 5.38 Å². The summed E-state index contributed by atoms with van der Waals surface area (Å²) in [6.07, 6.45) is 0.532. The summed E-state index contributed by atoms with van der Waals surface area (Å²) in [4.78, 5) is 28.8.